The number of halogens is 1. The van der Waals surface area contributed by atoms with E-state index in [1.54, 1.807) is 55.1 Å². The standard InChI is InChI=1S/C29H27FN6O3S/c1-35-26(17-31-28(38)21-6-4-3-5-7-21)32-33-29(35)40-18-27(37)36-25(20-8-12-22(30)13-9-20)16-24(34-36)19-10-14-23(39-2)15-11-19/h3-16,25,34H,17-18H2,1-2H3,(H,31,38). The summed E-state index contributed by atoms with van der Waals surface area (Å²) in [7, 11) is 3.39. The van der Waals surface area contributed by atoms with Crippen molar-refractivity contribution in [3.05, 3.63) is 113 Å². The molecule has 0 radical (unpaired) electrons. The first kappa shape index (κ1) is 26.9. The average Bonchev–Trinajstić information content (AvgIpc) is 3.59. The molecule has 1 aromatic heterocycles. The van der Waals surface area contributed by atoms with Crippen molar-refractivity contribution >= 4 is 29.3 Å². The van der Waals surface area contributed by atoms with Crippen LogP contribution in [0.5, 0.6) is 5.75 Å². The van der Waals surface area contributed by atoms with Crippen LogP contribution in [0.25, 0.3) is 5.70 Å². The summed E-state index contributed by atoms with van der Waals surface area (Å²) < 4.78 is 20.6. The van der Waals surface area contributed by atoms with Crippen molar-refractivity contribution in [2.45, 2.75) is 17.7 Å². The van der Waals surface area contributed by atoms with Crippen LogP contribution in [0, 0.1) is 5.82 Å². The number of rotatable bonds is 9. The molecule has 40 heavy (non-hydrogen) atoms. The second-order valence-electron chi connectivity index (χ2n) is 8.98. The minimum absolute atomic E-state index is 0.0801. The molecule has 2 heterocycles. The first-order valence-corrected chi connectivity index (χ1v) is 13.5. The zero-order valence-corrected chi connectivity index (χ0v) is 22.7. The van der Waals surface area contributed by atoms with Gasteiger partial charge in [0.1, 0.15) is 11.6 Å². The van der Waals surface area contributed by atoms with Crippen LogP contribution < -0.4 is 15.5 Å². The van der Waals surface area contributed by atoms with Crippen LogP contribution >= 0.6 is 11.8 Å². The Morgan fingerprint density at radius 1 is 1.02 bits per heavy atom. The number of thioether (sulfide) groups is 1. The van der Waals surface area contributed by atoms with E-state index in [0.29, 0.717) is 16.5 Å². The van der Waals surface area contributed by atoms with Gasteiger partial charge in [-0.15, -0.1) is 10.2 Å². The normalized spacial score (nSPS) is 14.4. The summed E-state index contributed by atoms with van der Waals surface area (Å²) in [6, 6.07) is 22.1. The van der Waals surface area contributed by atoms with Gasteiger partial charge in [-0.25, -0.2) is 9.40 Å². The van der Waals surface area contributed by atoms with Crippen molar-refractivity contribution in [1.29, 1.82) is 0 Å². The van der Waals surface area contributed by atoms with Crippen LogP contribution in [-0.2, 0) is 18.4 Å². The number of hydrazine groups is 1. The molecule has 0 spiro atoms. The smallest absolute Gasteiger partial charge is 0.252 e. The number of benzene rings is 3. The quantitative estimate of drug-likeness (QED) is 0.298. The summed E-state index contributed by atoms with van der Waals surface area (Å²) in [4.78, 5) is 25.8. The van der Waals surface area contributed by atoms with Crippen LogP contribution in [-0.4, -0.2) is 44.5 Å². The first-order valence-electron chi connectivity index (χ1n) is 12.5. The minimum atomic E-state index is -0.436. The maximum absolute atomic E-state index is 13.6. The molecule has 2 N–H and O–H groups in total. The highest BCUT2D eigenvalue weighted by molar-refractivity contribution is 7.99. The third kappa shape index (κ3) is 5.99. The van der Waals surface area contributed by atoms with Gasteiger partial charge in [0.15, 0.2) is 11.0 Å². The number of hydrogen-bond donors (Lipinski definition) is 2. The largest absolute Gasteiger partial charge is 0.497 e. The zero-order chi connectivity index (χ0) is 28.1. The lowest BCUT2D eigenvalue weighted by Gasteiger charge is -2.25. The summed E-state index contributed by atoms with van der Waals surface area (Å²) in [5.74, 6) is 0.619. The fraction of sp³-hybridized carbons (Fsp3) is 0.172. The van der Waals surface area contributed by atoms with Crippen LogP contribution in [0.2, 0.25) is 0 Å². The SMILES string of the molecule is COc1ccc(C2=CC(c3ccc(F)cc3)N(C(=O)CSc3nnc(CNC(=O)c4ccccc4)n3C)N2)cc1. The third-order valence-electron chi connectivity index (χ3n) is 6.42. The number of hydrogen-bond acceptors (Lipinski definition) is 7. The number of nitrogens with one attached hydrogen (secondary N) is 2. The van der Waals surface area contributed by atoms with Crippen molar-refractivity contribution in [1.82, 2.24) is 30.5 Å². The van der Waals surface area contributed by atoms with Gasteiger partial charge in [0.25, 0.3) is 11.8 Å². The Labute approximate surface area is 235 Å². The molecule has 1 atom stereocenters. The first-order chi connectivity index (χ1) is 19.4. The maximum atomic E-state index is 13.6. The average molecular weight is 559 g/mol. The number of aromatic nitrogens is 3. The summed E-state index contributed by atoms with van der Waals surface area (Å²) in [5.41, 5.74) is 6.18. The number of carbonyl (C=O) groups excluding carboxylic acids is 2. The number of methoxy groups -OCH3 is 1. The zero-order valence-electron chi connectivity index (χ0n) is 21.9. The van der Waals surface area contributed by atoms with E-state index in [1.807, 2.05) is 36.4 Å². The summed E-state index contributed by atoms with van der Waals surface area (Å²) >= 11 is 1.24. The van der Waals surface area contributed by atoms with Gasteiger partial charge in [0.2, 0.25) is 0 Å². The Kier molecular flexibility index (Phi) is 8.11. The molecule has 11 heteroatoms. The predicted octanol–water partition coefficient (Wildman–Crippen LogP) is 4.11. The van der Waals surface area contributed by atoms with E-state index in [9.17, 15) is 14.0 Å². The second-order valence-corrected chi connectivity index (χ2v) is 9.92. The van der Waals surface area contributed by atoms with Gasteiger partial charge in [-0.2, -0.15) is 0 Å². The van der Waals surface area contributed by atoms with Crippen molar-refractivity contribution < 1.29 is 18.7 Å². The molecule has 204 valence electrons. The lowest BCUT2D eigenvalue weighted by atomic mass is 10.0. The molecule has 0 aliphatic carbocycles. The van der Waals surface area contributed by atoms with E-state index in [-0.39, 0.29) is 29.9 Å². The summed E-state index contributed by atoms with van der Waals surface area (Å²) in [6.45, 7) is 0.196. The summed E-state index contributed by atoms with van der Waals surface area (Å²) in [5, 5.41) is 13.3. The molecule has 2 amide bonds. The molecule has 1 aliphatic heterocycles. The van der Waals surface area contributed by atoms with Gasteiger partial charge >= 0.3 is 0 Å². The molecule has 1 aliphatic rings. The Morgan fingerprint density at radius 3 is 2.45 bits per heavy atom. The molecule has 0 saturated heterocycles. The van der Waals surface area contributed by atoms with E-state index >= 15 is 0 Å². The van der Waals surface area contributed by atoms with Crippen molar-refractivity contribution in [2.24, 2.45) is 7.05 Å². The van der Waals surface area contributed by atoms with Gasteiger partial charge in [0, 0.05) is 12.6 Å². The molecule has 4 aromatic rings. The predicted molar refractivity (Wildman–Crippen MR) is 149 cm³/mol. The van der Waals surface area contributed by atoms with Crippen LogP contribution in [0.3, 0.4) is 0 Å². The van der Waals surface area contributed by atoms with Gasteiger partial charge < -0.3 is 14.6 Å². The van der Waals surface area contributed by atoms with E-state index in [0.717, 1.165) is 22.6 Å². The van der Waals surface area contributed by atoms with Gasteiger partial charge in [0.05, 0.1) is 31.1 Å². The van der Waals surface area contributed by atoms with Crippen LogP contribution in [0.1, 0.15) is 33.4 Å². The Balaban J connectivity index is 1.26. The van der Waals surface area contributed by atoms with E-state index < -0.39 is 6.04 Å². The number of carbonyl (C=O) groups is 2. The highest BCUT2D eigenvalue weighted by Gasteiger charge is 2.31. The van der Waals surface area contributed by atoms with Gasteiger partial charge in [-0.1, -0.05) is 42.1 Å². The number of nitrogens with zero attached hydrogens (tertiary/aromatic N) is 4. The Morgan fingerprint density at radius 2 is 1.75 bits per heavy atom. The third-order valence-corrected chi connectivity index (χ3v) is 7.42. The van der Waals surface area contributed by atoms with Crippen molar-refractivity contribution in [2.75, 3.05) is 12.9 Å². The number of amides is 2. The van der Waals surface area contributed by atoms with Gasteiger partial charge in [-0.3, -0.25) is 15.0 Å². The van der Waals surface area contributed by atoms with Crippen molar-refractivity contribution in [3.8, 4) is 5.75 Å². The highest BCUT2D eigenvalue weighted by atomic mass is 32.2. The second kappa shape index (κ2) is 12.0. The molecule has 9 nitrogen and oxygen atoms in total. The Bertz CT molecular complexity index is 1520. The van der Waals surface area contributed by atoms with E-state index in [4.69, 9.17) is 4.74 Å². The monoisotopic (exact) mass is 558 g/mol. The maximum Gasteiger partial charge on any atom is 0.252 e. The van der Waals surface area contributed by atoms with Crippen molar-refractivity contribution in [3.63, 3.8) is 0 Å². The molecule has 3 aromatic carbocycles. The molecular formula is C29H27FN6O3S. The van der Waals surface area contributed by atoms with E-state index in [2.05, 4.69) is 20.9 Å². The number of ether oxygens (including phenoxy) is 1. The van der Waals surface area contributed by atoms with Crippen LogP contribution in [0.4, 0.5) is 4.39 Å². The Hall–Kier alpha value is -4.64. The fourth-order valence-corrected chi connectivity index (χ4v) is 4.98. The highest BCUT2D eigenvalue weighted by Crippen LogP contribution is 2.33. The molecule has 0 bridgehead atoms. The lowest BCUT2D eigenvalue weighted by Crippen LogP contribution is -2.40. The van der Waals surface area contributed by atoms with Gasteiger partial charge in [-0.05, 0) is 65.7 Å². The van der Waals surface area contributed by atoms with Crippen LogP contribution in [0.15, 0.2) is 90.1 Å². The molecule has 0 fully saturated rings. The lowest BCUT2D eigenvalue weighted by molar-refractivity contribution is -0.131. The molecule has 5 rings (SSSR count). The van der Waals surface area contributed by atoms with E-state index in [1.165, 1.54) is 28.9 Å². The fourth-order valence-electron chi connectivity index (χ4n) is 4.19. The molecule has 0 saturated carbocycles. The topological polar surface area (TPSA) is 101 Å². The summed E-state index contributed by atoms with van der Waals surface area (Å²) in [6.07, 6.45) is 1.94. The molecule has 1 unspecified atom stereocenters. The minimum Gasteiger partial charge on any atom is -0.497 e. The molecular weight excluding hydrogens is 531 g/mol.